The quantitative estimate of drug-likeness (QED) is 0.559. The van der Waals surface area contributed by atoms with Crippen LogP contribution in [0.5, 0.6) is 0 Å². The van der Waals surface area contributed by atoms with Gasteiger partial charge in [-0.05, 0) is 6.42 Å². The van der Waals surface area contributed by atoms with Gasteiger partial charge in [-0.25, -0.2) is 0 Å². The van der Waals surface area contributed by atoms with Crippen molar-refractivity contribution >= 4 is 0 Å². The molecule has 0 radical (unpaired) electrons. The highest BCUT2D eigenvalue weighted by atomic mass is 16.7. The van der Waals surface area contributed by atoms with Gasteiger partial charge in [-0.3, -0.25) is 0 Å². The van der Waals surface area contributed by atoms with Crippen LogP contribution in [0, 0.1) is 0 Å². The van der Waals surface area contributed by atoms with Crippen LogP contribution in [0.2, 0.25) is 0 Å². The number of aliphatic hydroxyl groups is 3. The first-order valence-electron chi connectivity index (χ1n) is 5.42. The smallest absolute Gasteiger partial charge is 0.186 e. The van der Waals surface area contributed by atoms with Gasteiger partial charge in [0.1, 0.15) is 24.4 Å². The lowest BCUT2D eigenvalue weighted by Crippen LogP contribution is -2.59. The van der Waals surface area contributed by atoms with Gasteiger partial charge in [0.25, 0.3) is 0 Å². The summed E-state index contributed by atoms with van der Waals surface area (Å²) in [5.41, 5.74) is 0. The van der Waals surface area contributed by atoms with Crippen molar-refractivity contribution in [3.05, 3.63) is 0 Å². The molecule has 0 aromatic carbocycles. The fraction of sp³-hybridized carbons (Fsp3) is 1.00. The van der Waals surface area contributed by atoms with Gasteiger partial charge >= 0.3 is 0 Å². The highest BCUT2D eigenvalue weighted by Crippen LogP contribution is 2.23. The molecule has 1 heterocycles. The van der Waals surface area contributed by atoms with Crippen molar-refractivity contribution in [3.63, 3.8) is 0 Å². The fourth-order valence-electron chi connectivity index (χ4n) is 1.68. The lowest BCUT2D eigenvalue weighted by Gasteiger charge is -2.41. The fourth-order valence-corrected chi connectivity index (χ4v) is 1.68. The molecule has 0 aromatic rings. The molecule has 0 saturated carbocycles. The van der Waals surface area contributed by atoms with E-state index in [1.165, 1.54) is 7.11 Å². The Kier molecular flexibility index (Phi) is 5.60. The maximum absolute atomic E-state index is 9.76. The van der Waals surface area contributed by atoms with Crippen LogP contribution >= 0.6 is 0 Å². The summed E-state index contributed by atoms with van der Waals surface area (Å²) >= 11 is 0. The first-order chi connectivity index (χ1) is 7.65. The van der Waals surface area contributed by atoms with Crippen molar-refractivity contribution in [2.45, 2.75) is 44.1 Å². The normalized spacial score (nSPS) is 39.9. The van der Waals surface area contributed by atoms with Gasteiger partial charge in [0.2, 0.25) is 0 Å². The number of rotatable bonds is 5. The predicted molar refractivity (Wildman–Crippen MR) is 54.8 cm³/mol. The van der Waals surface area contributed by atoms with Crippen molar-refractivity contribution in [1.82, 2.24) is 0 Å². The maximum atomic E-state index is 9.76. The molecule has 1 saturated heterocycles. The minimum Gasteiger partial charge on any atom is -0.394 e. The Balaban J connectivity index is 2.65. The zero-order chi connectivity index (χ0) is 12.1. The zero-order valence-corrected chi connectivity index (χ0v) is 9.57. The van der Waals surface area contributed by atoms with E-state index in [0.29, 0.717) is 6.61 Å². The second kappa shape index (κ2) is 6.48. The Hall–Kier alpha value is -0.240. The molecule has 0 spiro atoms. The van der Waals surface area contributed by atoms with Gasteiger partial charge in [-0.15, -0.1) is 0 Å². The molecule has 3 N–H and O–H groups in total. The summed E-state index contributed by atoms with van der Waals surface area (Å²) < 4.78 is 15.7. The van der Waals surface area contributed by atoms with E-state index in [1.54, 1.807) is 0 Å². The Morgan fingerprint density at radius 3 is 2.44 bits per heavy atom. The largest absolute Gasteiger partial charge is 0.394 e. The summed E-state index contributed by atoms with van der Waals surface area (Å²) in [6.45, 7) is 2.03. The van der Waals surface area contributed by atoms with Crippen LogP contribution in [0.15, 0.2) is 0 Å². The Labute approximate surface area is 94.7 Å². The number of hydrogen-bond donors (Lipinski definition) is 3. The van der Waals surface area contributed by atoms with Crippen LogP contribution in [0.3, 0.4) is 0 Å². The van der Waals surface area contributed by atoms with Crippen molar-refractivity contribution in [1.29, 1.82) is 0 Å². The second-order valence-corrected chi connectivity index (χ2v) is 3.78. The molecule has 0 aromatic heterocycles. The van der Waals surface area contributed by atoms with Gasteiger partial charge in [-0.1, -0.05) is 6.92 Å². The molecule has 96 valence electrons. The zero-order valence-electron chi connectivity index (χ0n) is 9.57. The molecule has 1 aliphatic rings. The van der Waals surface area contributed by atoms with E-state index in [0.717, 1.165) is 6.42 Å². The summed E-state index contributed by atoms with van der Waals surface area (Å²) in [6, 6.07) is 0. The monoisotopic (exact) mass is 236 g/mol. The van der Waals surface area contributed by atoms with E-state index in [9.17, 15) is 10.2 Å². The summed E-state index contributed by atoms with van der Waals surface area (Å²) in [5, 5.41) is 28.4. The van der Waals surface area contributed by atoms with Crippen LogP contribution in [-0.2, 0) is 14.2 Å². The third-order valence-corrected chi connectivity index (χ3v) is 2.58. The number of ether oxygens (including phenoxy) is 3. The molecule has 5 atom stereocenters. The summed E-state index contributed by atoms with van der Waals surface area (Å²) in [5.74, 6) is 0. The second-order valence-electron chi connectivity index (χ2n) is 3.78. The van der Waals surface area contributed by atoms with Gasteiger partial charge in [-0.2, -0.15) is 0 Å². The maximum Gasteiger partial charge on any atom is 0.186 e. The number of aliphatic hydroxyl groups excluding tert-OH is 3. The van der Waals surface area contributed by atoms with Gasteiger partial charge < -0.3 is 29.5 Å². The first kappa shape index (κ1) is 13.8. The minimum absolute atomic E-state index is 0.374. The topological polar surface area (TPSA) is 88.4 Å². The van der Waals surface area contributed by atoms with Gasteiger partial charge in [0, 0.05) is 13.7 Å². The van der Waals surface area contributed by atoms with E-state index in [2.05, 4.69) is 0 Å². The van der Waals surface area contributed by atoms with E-state index in [1.807, 2.05) is 6.92 Å². The van der Waals surface area contributed by atoms with Crippen LogP contribution in [0.1, 0.15) is 13.3 Å². The third kappa shape index (κ3) is 2.91. The molecular formula is C10H20O6. The van der Waals surface area contributed by atoms with Gasteiger partial charge in [0.15, 0.2) is 6.29 Å². The minimum atomic E-state index is -1.17. The molecule has 0 bridgehead atoms. The van der Waals surface area contributed by atoms with Crippen LogP contribution in [0.4, 0.5) is 0 Å². The first-order valence-corrected chi connectivity index (χ1v) is 5.42. The molecule has 16 heavy (non-hydrogen) atoms. The Bertz CT molecular complexity index is 200. The molecule has 1 rings (SSSR count). The highest BCUT2D eigenvalue weighted by Gasteiger charge is 2.44. The average Bonchev–Trinajstić information content (AvgIpc) is 2.30. The van der Waals surface area contributed by atoms with Crippen molar-refractivity contribution in [2.75, 3.05) is 20.3 Å². The molecular weight excluding hydrogens is 216 g/mol. The summed E-state index contributed by atoms with van der Waals surface area (Å²) in [4.78, 5) is 0. The average molecular weight is 236 g/mol. The molecule has 1 aliphatic heterocycles. The lowest BCUT2D eigenvalue weighted by atomic mass is 9.99. The van der Waals surface area contributed by atoms with Crippen LogP contribution in [-0.4, -0.2) is 66.3 Å². The van der Waals surface area contributed by atoms with Crippen molar-refractivity contribution in [3.8, 4) is 0 Å². The Morgan fingerprint density at radius 1 is 1.25 bits per heavy atom. The molecule has 1 fully saturated rings. The Morgan fingerprint density at radius 2 is 1.94 bits per heavy atom. The van der Waals surface area contributed by atoms with Crippen molar-refractivity contribution < 1.29 is 29.5 Å². The number of hydrogen-bond acceptors (Lipinski definition) is 6. The van der Waals surface area contributed by atoms with E-state index in [-0.39, 0.29) is 6.61 Å². The van der Waals surface area contributed by atoms with E-state index >= 15 is 0 Å². The standard InChI is InChI=1S/C10H20O6/c1-3-4-15-10-9(14-2)8(13)7(12)6(5-11)16-10/h6-13H,3-5H2,1-2H3/t6-,7+,8+,9-,10+/m1/s1. The predicted octanol–water partition coefficient (Wildman–Crippen LogP) is -1.13. The molecule has 0 amide bonds. The van der Waals surface area contributed by atoms with E-state index < -0.39 is 30.7 Å². The van der Waals surface area contributed by atoms with Crippen LogP contribution < -0.4 is 0 Å². The summed E-state index contributed by atoms with van der Waals surface area (Å²) in [6.07, 6.45) is -3.85. The molecule has 0 aliphatic carbocycles. The van der Waals surface area contributed by atoms with E-state index in [4.69, 9.17) is 19.3 Å². The molecule has 6 heteroatoms. The third-order valence-electron chi connectivity index (χ3n) is 2.58. The van der Waals surface area contributed by atoms with Gasteiger partial charge in [0.05, 0.1) is 6.61 Å². The molecule has 6 nitrogen and oxygen atoms in total. The summed E-state index contributed by atoms with van der Waals surface area (Å²) in [7, 11) is 1.41. The highest BCUT2D eigenvalue weighted by molar-refractivity contribution is 4.89. The number of methoxy groups -OCH3 is 1. The van der Waals surface area contributed by atoms with Crippen LogP contribution in [0.25, 0.3) is 0 Å². The SMILES string of the molecule is CCCO[C@H]1O[C@H](CO)[C@H](O)[C@H](O)[C@H]1OC. The van der Waals surface area contributed by atoms with Crippen molar-refractivity contribution in [2.24, 2.45) is 0 Å². The lowest BCUT2D eigenvalue weighted by molar-refractivity contribution is -0.305. The molecule has 0 unspecified atom stereocenters.